The Morgan fingerprint density at radius 1 is 1.12 bits per heavy atom. The van der Waals surface area contributed by atoms with Gasteiger partial charge in [-0.15, -0.1) is 0 Å². The van der Waals surface area contributed by atoms with E-state index in [0.29, 0.717) is 23.0 Å². The largest absolute Gasteiger partial charge is 0.378 e. The third kappa shape index (κ3) is 4.54. The van der Waals surface area contributed by atoms with Crippen LogP contribution in [0.5, 0.6) is 0 Å². The zero-order valence-electron chi connectivity index (χ0n) is 15.4. The zero-order valence-corrected chi connectivity index (χ0v) is 16.2. The molecule has 2 aliphatic heterocycles. The number of piperidine rings is 1. The van der Waals surface area contributed by atoms with Gasteiger partial charge in [-0.1, -0.05) is 6.92 Å². The van der Waals surface area contributed by atoms with Crippen molar-refractivity contribution in [3.05, 3.63) is 6.07 Å². The predicted molar refractivity (Wildman–Crippen MR) is 108 cm³/mol. The lowest BCUT2D eigenvalue weighted by atomic mass is 10.0. The standard InChI is InChI=1S/C18H28N6OS/c1-13-3-2-6-24(12-13)16-11-15(23-7-9-25-10-8-23)20-17(21-16)22-18(26)19-14-4-5-14/h11,13-14H,2-10,12H2,1H3,(H2,19,20,21,22,26)/t13-/m0/s1. The molecule has 7 nitrogen and oxygen atoms in total. The summed E-state index contributed by atoms with van der Waals surface area (Å²) in [5.41, 5.74) is 0. The highest BCUT2D eigenvalue weighted by atomic mass is 32.1. The van der Waals surface area contributed by atoms with E-state index in [4.69, 9.17) is 26.9 Å². The summed E-state index contributed by atoms with van der Waals surface area (Å²) in [6, 6.07) is 2.63. The average molecular weight is 377 g/mol. The van der Waals surface area contributed by atoms with E-state index in [1.807, 2.05) is 0 Å². The normalized spacial score (nSPS) is 23.7. The summed E-state index contributed by atoms with van der Waals surface area (Å²) in [6.45, 7) is 7.60. The Kier molecular flexibility index (Phi) is 5.40. The number of ether oxygens (including phenoxy) is 1. The van der Waals surface area contributed by atoms with Gasteiger partial charge in [0.25, 0.3) is 0 Å². The molecular formula is C18H28N6OS. The van der Waals surface area contributed by atoms with Gasteiger partial charge < -0.3 is 25.2 Å². The number of anilines is 3. The highest BCUT2D eigenvalue weighted by Crippen LogP contribution is 2.26. The van der Waals surface area contributed by atoms with Crippen LogP contribution in [0.4, 0.5) is 17.6 Å². The van der Waals surface area contributed by atoms with Crippen molar-refractivity contribution in [2.24, 2.45) is 5.92 Å². The van der Waals surface area contributed by atoms with E-state index in [1.54, 1.807) is 0 Å². The number of hydrogen-bond donors (Lipinski definition) is 2. The summed E-state index contributed by atoms with van der Waals surface area (Å²) < 4.78 is 5.49. The van der Waals surface area contributed by atoms with Gasteiger partial charge in [-0.3, -0.25) is 0 Å². The van der Waals surface area contributed by atoms with E-state index in [9.17, 15) is 0 Å². The van der Waals surface area contributed by atoms with Gasteiger partial charge in [0.1, 0.15) is 11.6 Å². The maximum Gasteiger partial charge on any atom is 0.232 e. The minimum atomic E-state index is 0.514. The average Bonchev–Trinajstić information content (AvgIpc) is 3.46. The van der Waals surface area contributed by atoms with Gasteiger partial charge in [0, 0.05) is 38.3 Å². The fraction of sp³-hybridized carbons (Fsp3) is 0.722. The van der Waals surface area contributed by atoms with Crippen LogP contribution in [-0.2, 0) is 4.74 Å². The van der Waals surface area contributed by atoms with E-state index < -0.39 is 0 Å². The number of nitrogens with one attached hydrogen (secondary N) is 2. The Morgan fingerprint density at radius 3 is 2.54 bits per heavy atom. The molecule has 2 saturated heterocycles. The lowest BCUT2D eigenvalue weighted by Gasteiger charge is -2.33. The topological polar surface area (TPSA) is 65.6 Å². The molecule has 3 heterocycles. The molecule has 3 fully saturated rings. The van der Waals surface area contributed by atoms with Crippen molar-refractivity contribution in [2.75, 3.05) is 54.5 Å². The second-order valence-electron chi connectivity index (χ2n) is 7.57. The van der Waals surface area contributed by atoms with Crippen LogP contribution in [0.2, 0.25) is 0 Å². The van der Waals surface area contributed by atoms with Gasteiger partial charge >= 0.3 is 0 Å². The van der Waals surface area contributed by atoms with Crippen molar-refractivity contribution in [2.45, 2.75) is 38.6 Å². The summed E-state index contributed by atoms with van der Waals surface area (Å²) in [5, 5.41) is 7.11. The van der Waals surface area contributed by atoms with E-state index >= 15 is 0 Å². The van der Waals surface area contributed by atoms with Crippen LogP contribution in [0, 0.1) is 5.92 Å². The fourth-order valence-corrected chi connectivity index (χ4v) is 3.80. The molecule has 0 amide bonds. The number of aromatic nitrogens is 2. The highest BCUT2D eigenvalue weighted by Gasteiger charge is 2.24. The van der Waals surface area contributed by atoms with E-state index in [-0.39, 0.29) is 0 Å². The van der Waals surface area contributed by atoms with Crippen LogP contribution >= 0.6 is 12.2 Å². The lowest BCUT2D eigenvalue weighted by molar-refractivity contribution is 0.122. The molecule has 1 aromatic rings. The molecular weight excluding hydrogens is 348 g/mol. The Balaban J connectivity index is 1.56. The van der Waals surface area contributed by atoms with Crippen molar-refractivity contribution in [1.82, 2.24) is 15.3 Å². The van der Waals surface area contributed by atoms with Crippen molar-refractivity contribution >= 4 is 34.9 Å². The molecule has 2 N–H and O–H groups in total. The van der Waals surface area contributed by atoms with E-state index in [2.05, 4.69) is 33.4 Å². The molecule has 1 aliphatic carbocycles. The Morgan fingerprint density at radius 2 is 1.85 bits per heavy atom. The number of thiocarbonyl (C=S) groups is 1. The van der Waals surface area contributed by atoms with Crippen molar-refractivity contribution in [3.63, 3.8) is 0 Å². The lowest BCUT2D eigenvalue weighted by Crippen LogP contribution is -2.38. The van der Waals surface area contributed by atoms with Gasteiger partial charge in [0.2, 0.25) is 5.95 Å². The maximum atomic E-state index is 5.49. The Hall–Kier alpha value is -1.67. The quantitative estimate of drug-likeness (QED) is 0.774. The van der Waals surface area contributed by atoms with Crippen LogP contribution in [0.1, 0.15) is 32.6 Å². The second kappa shape index (κ2) is 7.92. The van der Waals surface area contributed by atoms with Crippen LogP contribution < -0.4 is 20.4 Å². The minimum Gasteiger partial charge on any atom is -0.378 e. The number of nitrogens with zero attached hydrogens (tertiary/aromatic N) is 4. The summed E-state index contributed by atoms with van der Waals surface area (Å²) >= 11 is 5.42. The summed E-state index contributed by atoms with van der Waals surface area (Å²) in [7, 11) is 0. The number of morpholine rings is 1. The Labute approximate surface area is 160 Å². The number of hydrogen-bond acceptors (Lipinski definition) is 6. The zero-order chi connectivity index (χ0) is 17.9. The molecule has 26 heavy (non-hydrogen) atoms. The minimum absolute atomic E-state index is 0.514. The molecule has 0 spiro atoms. The molecule has 0 bridgehead atoms. The fourth-order valence-electron chi connectivity index (χ4n) is 3.54. The maximum absolute atomic E-state index is 5.49. The molecule has 0 unspecified atom stereocenters. The molecule has 1 saturated carbocycles. The predicted octanol–water partition coefficient (Wildman–Crippen LogP) is 2.00. The first-order chi connectivity index (χ1) is 12.7. The van der Waals surface area contributed by atoms with Crippen LogP contribution in [0.3, 0.4) is 0 Å². The van der Waals surface area contributed by atoms with Gasteiger partial charge in [0.15, 0.2) is 5.11 Å². The van der Waals surface area contributed by atoms with Crippen molar-refractivity contribution in [1.29, 1.82) is 0 Å². The van der Waals surface area contributed by atoms with Crippen LogP contribution in [0.15, 0.2) is 6.07 Å². The first-order valence-corrected chi connectivity index (χ1v) is 10.1. The summed E-state index contributed by atoms with van der Waals surface area (Å²) in [4.78, 5) is 14.2. The molecule has 4 rings (SSSR count). The smallest absolute Gasteiger partial charge is 0.232 e. The highest BCUT2D eigenvalue weighted by molar-refractivity contribution is 7.80. The van der Waals surface area contributed by atoms with E-state index in [1.165, 1.54) is 25.7 Å². The number of rotatable bonds is 4. The third-order valence-electron chi connectivity index (χ3n) is 5.15. The monoisotopic (exact) mass is 376 g/mol. The summed E-state index contributed by atoms with van der Waals surface area (Å²) in [5.74, 6) is 3.22. The van der Waals surface area contributed by atoms with Crippen LogP contribution in [0.25, 0.3) is 0 Å². The molecule has 0 radical (unpaired) electrons. The van der Waals surface area contributed by atoms with Gasteiger partial charge in [0.05, 0.1) is 13.2 Å². The SMILES string of the molecule is C[C@H]1CCCN(c2cc(N3CCOCC3)nc(NC(=S)NC3CC3)n2)C1. The van der Waals surface area contributed by atoms with Gasteiger partial charge in [-0.25, -0.2) is 0 Å². The molecule has 0 aromatic carbocycles. The van der Waals surface area contributed by atoms with Gasteiger partial charge in [-0.2, -0.15) is 9.97 Å². The molecule has 8 heteroatoms. The molecule has 3 aliphatic rings. The molecule has 1 atom stereocenters. The third-order valence-corrected chi connectivity index (χ3v) is 5.37. The first-order valence-electron chi connectivity index (χ1n) is 9.71. The van der Waals surface area contributed by atoms with Gasteiger partial charge in [-0.05, 0) is 43.8 Å². The van der Waals surface area contributed by atoms with E-state index in [0.717, 1.165) is 51.0 Å². The van der Waals surface area contributed by atoms with Crippen molar-refractivity contribution < 1.29 is 4.74 Å². The van der Waals surface area contributed by atoms with Crippen LogP contribution in [-0.4, -0.2) is 60.5 Å². The molecule has 142 valence electrons. The van der Waals surface area contributed by atoms with Crippen molar-refractivity contribution in [3.8, 4) is 0 Å². The second-order valence-corrected chi connectivity index (χ2v) is 7.98. The molecule has 1 aromatic heterocycles. The summed E-state index contributed by atoms with van der Waals surface area (Å²) in [6.07, 6.45) is 4.88. The Bertz CT molecular complexity index is 647. The first kappa shape index (κ1) is 17.7.